The van der Waals surface area contributed by atoms with E-state index in [0.717, 1.165) is 12.8 Å². The third kappa shape index (κ3) is 4.99. The molecule has 0 unspecified atom stereocenters. The molecule has 0 radical (unpaired) electrons. The molecule has 27 heavy (non-hydrogen) atoms. The van der Waals surface area contributed by atoms with E-state index in [1.807, 2.05) is 0 Å². The van der Waals surface area contributed by atoms with E-state index in [-0.39, 0.29) is 36.9 Å². The molecule has 9 heteroatoms. The summed E-state index contributed by atoms with van der Waals surface area (Å²) in [6.45, 7) is 1.72. The molecule has 148 valence electrons. The van der Waals surface area contributed by atoms with Gasteiger partial charge in [-0.05, 0) is 37.8 Å². The molecule has 2 heterocycles. The van der Waals surface area contributed by atoms with Crippen LogP contribution in [0.5, 0.6) is 0 Å². The van der Waals surface area contributed by atoms with Gasteiger partial charge in [-0.3, -0.25) is 4.79 Å². The molecule has 0 spiro atoms. The monoisotopic (exact) mass is 412 g/mol. The molecule has 2 aliphatic rings. The predicted molar refractivity (Wildman–Crippen MR) is 104 cm³/mol. The van der Waals surface area contributed by atoms with Gasteiger partial charge in [0.25, 0.3) is 0 Å². The molecular weight excluding hydrogens is 388 g/mol. The quantitative estimate of drug-likeness (QED) is 0.788. The maximum atomic E-state index is 12.6. The molecule has 3 rings (SSSR count). The number of amides is 1. The summed E-state index contributed by atoms with van der Waals surface area (Å²) in [6, 6.07) is 10.4. The number of carbonyl (C=O) groups is 1. The fraction of sp³-hybridized carbons (Fsp3) is 0.556. The van der Waals surface area contributed by atoms with Gasteiger partial charge in [0.05, 0.1) is 17.5 Å². The zero-order chi connectivity index (χ0) is 18.6. The van der Waals surface area contributed by atoms with E-state index in [0.29, 0.717) is 37.4 Å². The van der Waals surface area contributed by atoms with Crippen LogP contribution in [-0.4, -0.2) is 61.8 Å². The highest BCUT2D eigenvalue weighted by molar-refractivity contribution is 7.89. The number of benzene rings is 1. The van der Waals surface area contributed by atoms with E-state index >= 15 is 0 Å². The van der Waals surface area contributed by atoms with E-state index in [9.17, 15) is 13.2 Å². The number of nitrogens with zero attached hydrogens (tertiary/aromatic N) is 3. The largest absolute Gasteiger partial charge is 0.326 e. The molecule has 1 amide bonds. The van der Waals surface area contributed by atoms with E-state index < -0.39 is 10.0 Å². The molecular formula is C18H25ClN4O3S. The van der Waals surface area contributed by atoms with Crippen LogP contribution in [0.2, 0.25) is 0 Å². The predicted octanol–water partition coefficient (Wildman–Crippen LogP) is 1.37. The summed E-state index contributed by atoms with van der Waals surface area (Å²) in [5.74, 6) is -0.0478. The number of nitrogens with one attached hydrogen (secondary N) is 1. The molecule has 0 saturated carbocycles. The van der Waals surface area contributed by atoms with Crippen LogP contribution < -0.4 is 5.32 Å². The Kier molecular flexibility index (Phi) is 7.62. The topological polar surface area (TPSA) is 93.5 Å². The first-order valence-corrected chi connectivity index (χ1v) is 10.4. The van der Waals surface area contributed by atoms with Crippen LogP contribution >= 0.6 is 12.4 Å². The molecule has 0 aliphatic carbocycles. The molecule has 0 bridgehead atoms. The van der Waals surface area contributed by atoms with Crippen LogP contribution in [0.4, 0.5) is 0 Å². The Bertz CT molecular complexity index is 774. The average Bonchev–Trinajstić information content (AvgIpc) is 3.16. The molecule has 2 aliphatic heterocycles. The summed E-state index contributed by atoms with van der Waals surface area (Å²) in [7, 11) is -3.45. The number of hydrogen-bond donors (Lipinski definition) is 1. The minimum atomic E-state index is -3.45. The maximum absolute atomic E-state index is 12.6. The number of sulfonamides is 1. The van der Waals surface area contributed by atoms with Gasteiger partial charge in [-0.25, -0.2) is 8.42 Å². The lowest BCUT2D eigenvalue weighted by Gasteiger charge is -2.32. The summed E-state index contributed by atoms with van der Waals surface area (Å²) < 4.78 is 26.7. The van der Waals surface area contributed by atoms with Crippen molar-refractivity contribution in [1.82, 2.24) is 14.5 Å². The van der Waals surface area contributed by atoms with Crippen LogP contribution in [0.3, 0.4) is 0 Å². The lowest BCUT2D eigenvalue weighted by molar-refractivity contribution is -0.130. The van der Waals surface area contributed by atoms with E-state index in [1.165, 1.54) is 4.31 Å². The summed E-state index contributed by atoms with van der Waals surface area (Å²) in [5, 5.41) is 12.3. The van der Waals surface area contributed by atoms with Gasteiger partial charge in [0.2, 0.25) is 15.9 Å². The second kappa shape index (κ2) is 9.51. The average molecular weight is 413 g/mol. The lowest BCUT2D eigenvalue weighted by atomic mass is 10.1. The maximum Gasteiger partial charge on any atom is 0.243 e. The third-order valence-corrected chi connectivity index (χ3v) is 7.01. The van der Waals surface area contributed by atoms with Gasteiger partial charge >= 0.3 is 0 Å². The number of rotatable bonds is 5. The van der Waals surface area contributed by atoms with Gasteiger partial charge in [-0.2, -0.15) is 9.57 Å². The van der Waals surface area contributed by atoms with Crippen LogP contribution in [0.1, 0.15) is 25.7 Å². The van der Waals surface area contributed by atoms with Crippen LogP contribution in [-0.2, 0) is 14.8 Å². The number of likely N-dealkylation sites (tertiary alicyclic amines) is 1. The van der Waals surface area contributed by atoms with Crippen LogP contribution in [0, 0.1) is 11.3 Å². The highest BCUT2D eigenvalue weighted by Gasteiger charge is 2.31. The van der Waals surface area contributed by atoms with E-state index in [1.54, 1.807) is 35.2 Å². The number of nitriles is 1. The molecule has 1 N–H and O–H groups in total. The van der Waals surface area contributed by atoms with Crippen molar-refractivity contribution in [3.8, 4) is 6.07 Å². The van der Waals surface area contributed by atoms with Crippen LogP contribution in [0.15, 0.2) is 35.2 Å². The minimum Gasteiger partial charge on any atom is -0.326 e. The summed E-state index contributed by atoms with van der Waals surface area (Å²) >= 11 is 0. The van der Waals surface area contributed by atoms with Gasteiger partial charge in [-0.1, -0.05) is 18.2 Å². The molecule has 2 fully saturated rings. The van der Waals surface area contributed by atoms with E-state index in [4.69, 9.17) is 5.26 Å². The molecule has 2 saturated heterocycles. The number of hydrogen-bond acceptors (Lipinski definition) is 5. The zero-order valence-electron chi connectivity index (χ0n) is 15.1. The van der Waals surface area contributed by atoms with Crippen LogP contribution in [0.25, 0.3) is 0 Å². The normalized spacial score (nSPS) is 21.4. The Hall–Kier alpha value is -1.66. The Morgan fingerprint density at radius 3 is 2.44 bits per heavy atom. The van der Waals surface area contributed by atoms with Gasteiger partial charge in [0.15, 0.2) is 0 Å². The second-order valence-electron chi connectivity index (χ2n) is 6.75. The van der Waals surface area contributed by atoms with Crippen molar-refractivity contribution >= 4 is 28.3 Å². The fourth-order valence-corrected chi connectivity index (χ4v) is 5.07. The highest BCUT2D eigenvalue weighted by atomic mass is 35.5. The Morgan fingerprint density at radius 1 is 1.15 bits per heavy atom. The van der Waals surface area contributed by atoms with Crippen molar-refractivity contribution in [2.75, 3.05) is 26.2 Å². The van der Waals surface area contributed by atoms with Crippen molar-refractivity contribution in [2.45, 2.75) is 42.7 Å². The first-order valence-electron chi connectivity index (χ1n) is 9.00. The second-order valence-corrected chi connectivity index (χ2v) is 8.68. The first-order chi connectivity index (χ1) is 12.5. The third-order valence-electron chi connectivity index (χ3n) is 5.10. The Labute approximate surface area is 166 Å². The standard InChI is InChI=1S/C18H24N4O3S.ClH/c19-13-16-5-4-10-22(16)18(23)14-20-15-8-11-21(12-9-15)26(24,25)17-6-2-1-3-7-17;/h1-3,6-7,15-16,20H,4-5,8-12,14H2;1H/t16-;/m0./s1. The Balaban J connectivity index is 0.00000261. The van der Waals surface area contributed by atoms with Crippen molar-refractivity contribution in [1.29, 1.82) is 5.26 Å². The molecule has 0 aromatic heterocycles. The van der Waals surface area contributed by atoms with Gasteiger partial charge in [0, 0.05) is 25.7 Å². The minimum absolute atomic E-state index is 0. The highest BCUT2D eigenvalue weighted by Crippen LogP contribution is 2.21. The molecule has 7 nitrogen and oxygen atoms in total. The number of carbonyl (C=O) groups excluding carboxylic acids is 1. The van der Waals surface area contributed by atoms with Gasteiger partial charge < -0.3 is 10.2 Å². The van der Waals surface area contributed by atoms with E-state index in [2.05, 4.69) is 11.4 Å². The SMILES string of the molecule is Cl.N#C[C@@H]1CCCN1C(=O)CNC1CCN(S(=O)(=O)c2ccccc2)CC1. The lowest BCUT2D eigenvalue weighted by Crippen LogP contribution is -2.48. The Morgan fingerprint density at radius 2 is 1.81 bits per heavy atom. The van der Waals surface area contributed by atoms with Crippen molar-refractivity contribution in [3.63, 3.8) is 0 Å². The fourth-order valence-electron chi connectivity index (χ4n) is 3.57. The molecule has 1 atom stereocenters. The number of halogens is 1. The van der Waals surface area contributed by atoms with Crippen molar-refractivity contribution < 1.29 is 13.2 Å². The number of piperidine rings is 1. The van der Waals surface area contributed by atoms with Gasteiger partial charge in [0.1, 0.15) is 6.04 Å². The summed E-state index contributed by atoms with van der Waals surface area (Å²) in [5.41, 5.74) is 0. The van der Waals surface area contributed by atoms with Gasteiger partial charge in [-0.15, -0.1) is 12.4 Å². The molecule has 1 aromatic carbocycles. The summed E-state index contributed by atoms with van der Waals surface area (Å²) in [4.78, 5) is 14.2. The zero-order valence-corrected chi connectivity index (χ0v) is 16.7. The van der Waals surface area contributed by atoms with Crippen molar-refractivity contribution in [2.24, 2.45) is 0 Å². The first kappa shape index (κ1) is 21.6. The smallest absolute Gasteiger partial charge is 0.243 e. The summed E-state index contributed by atoms with van der Waals surface area (Å²) in [6.07, 6.45) is 2.96. The molecule has 1 aromatic rings. The van der Waals surface area contributed by atoms with Crippen molar-refractivity contribution in [3.05, 3.63) is 30.3 Å².